The van der Waals surface area contributed by atoms with Crippen LogP contribution in [0.4, 0.5) is 5.69 Å². The smallest absolute Gasteiger partial charge is 0.316 e. The summed E-state index contributed by atoms with van der Waals surface area (Å²) in [4.78, 5) is 17.3. The largest absolute Gasteiger partial charge is 0.467 e. The third-order valence-electron chi connectivity index (χ3n) is 4.31. The summed E-state index contributed by atoms with van der Waals surface area (Å²) in [6, 6.07) is 14.4. The lowest BCUT2D eigenvalue weighted by Crippen LogP contribution is -2.11. The van der Waals surface area contributed by atoms with Gasteiger partial charge in [-0.15, -0.1) is 0 Å². The lowest BCUT2D eigenvalue weighted by molar-refractivity contribution is 0.380. The fourth-order valence-electron chi connectivity index (χ4n) is 2.99. The number of nitrogens with zero attached hydrogens (tertiary/aromatic N) is 5. The molecule has 0 bridgehead atoms. The van der Waals surface area contributed by atoms with E-state index >= 15 is 0 Å². The van der Waals surface area contributed by atoms with Crippen LogP contribution in [0.1, 0.15) is 0 Å². The molecule has 0 aliphatic heterocycles. The zero-order chi connectivity index (χ0) is 19.2. The molecule has 0 amide bonds. The van der Waals surface area contributed by atoms with Crippen molar-refractivity contribution in [2.75, 3.05) is 19.0 Å². The summed E-state index contributed by atoms with van der Waals surface area (Å²) in [5, 5.41) is 3.38. The highest BCUT2D eigenvalue weighted by atomic mass is 16.5. The van der Waals surface area contributed by atoms with E-state index in [1.165, 1.54) is 0 Å². The Bertz CT molecular complexity index is 1020. The van der Waals surface area contributed by atoms with E-state index in [0.29, 0.717) is 6.01 Å². The van der Waals surface area contributed by atoms with Crippen molar-refractivity contribution in [3.8, 4) is 28.5 Å². The Morgan fingerprint density at radius 1 is 0.929 bits per heavy atom. The van der Waals surface area contributed by atoms with Gasteiger partial charge < -0.3 is 14.6 Å². The maximum Gasteiger partial charge on any atom is 0.316 e. The minimum atomic E-state index is 0.342. The molecule has 7 heteroatoms. The molecular weight excluding hydrogens is 352 g/mol. The molecule has 28 heavy (non-hydrogen) atoms. The van der Waals surface area contributed by atoms with Crippen LogP contribution >= 0.6 is 0 Å². The topological polar surface area (TPSA) is 77.8 Å². The number of imidazole rings is 1. The molecule has 3 heterocycles. The van der Waals surface area contributed by atoms with Crippen LogP contribution in [-0.4, -0.2) is 38.2 Å². The van der Waals surface area contributed by atoms with Gasteiger partial charge in [0.05, 0.1) is 30.5 Å². The van der Waals surface area contributed by atoms with Gasteiger partial charge in [-0.05, 0) is 12.1 Å². The van der Waals surface area contributed by atoms with Crippen LogP contribution in [0.5, 0.6) is 6.01 Å². The molecule has 0 saturated carbocycles. The number of anilines is 1. The second-order valence-corrected chi connectivity index (χ2v) is 6.13. The van der Waals surface area contributed by atoms with Crippen LogP contribution in [0, 0.1) is 0 Å². The van der Waals surface area contributed by atoms with Crippen molar-refractivity contribution in [1.82, 2.24) is 24.5 Å². The first-order valence-corrected chi connectivity index (χ1v) is 8.96. The van der Waals surface area contributed by atoms with Gasteiger partial charge in [0.25, 0.3) is 0 Å². The Labute approximate surface area is 163 Å². The molecule has 0 fully saturated rings. The highest BCUT2D eigenvalue weighted by Gasteiger charge is 2.16. The molecule has 0 aliphatic carbocycles. The summed E-state index contributed by atoms with van der Waals surface area (Å²) in [6.45, 7) is 1.47. The van der Waals surface area contributed by atoms with Crippen molar-refractivity contribution < 1.29 is 4.74 Å². The molecule has 0 unspecified atom stereocenters. The van der Waals surface area contributed by atoms with Gasteiger partial charge in [-0.25, -0.2) is 15.0 Å². The van der Waals surface area contributed by atoms with Crippen LogP contribution in [0.2, 0.25) is 0 Å². The van der Waals surface area contributed by atoms with Crippen molar-refractivity contribution >= 4 is 5.69 Å². The molecule has 4 aromatic rings. The Balaban J connectivity index is 1.64. The van der Waals surface area contributed by atoms with Crippen molar-refractivity contribution in [2.24, 2.45) is 0 Å². The van der Waals surface area contributed by atoms with Crippen LogP contribution < -0.4 is 10.1 Å². The van der Waals surface area contributed by atoms with Gasteiger partial charge in [-0.3, -0.25) is 4.98 Å². The normalized spacial score (nSPS) is 10.6. The molecule has 4 rings (SSSR count). The van der Waals surface area contributed by atoms with E-state index in [1.807, 2.05) is 42.9 Å². The predicted octanol–water partition coefficient (Wildman–Crippen LogP) is 3.52. The van der Waals surface area contributed by atoms with Crippen molar-refractivity contribution in [3.05, 3.63) is 73.6 Å². The number of ether oxygens (including phenoxy) is 1. The second-order valence-electron chi connectivity index (χ2n) is 6.13. The van der Waals surface area contributed by atoms with Gasteiger partial charge in [-0.2, -0.15) is 0 Å². The maximum absolute atomic E-state index is 5.08. The molecule has 0 atom stereocenters. The first-order chi connectivity index (χ1) is 13.8. The minimum Gasteiger partial charge on any atom is -0.467 e. The van der Waals surface area contributed by atoms with E-state index in [1.54, 1.807) is 25.7 Å². The Morgan fingerprint density at radius 2 is 1.75 bits per heavy atom. The van der Waals surface area contributed by atoms with Gasteiger partial charge in [0.1, 0.15) is 0 Å². The maximum atomic E-state index is 5.08. The molecule has 0 radical (unpaired) electrons. The average molecular weight is 372 g/mol. The van der Waals surface area contributed by atoms with E-state index in [4.69, 9.17) is 4.74 Å². The number of benzene rings is 1. The van der Waals surface area contributed by atoms with Gasteiger partial charge in [0.2, 0.25) is 0 Å². The minimum absolute atomic E-state index is 0.342. The molecule has 7 nitrogen and oxygen atoms in total. The Kier molecular flexibility index (Phi) is 5.24. The fourth-order valence-corrected chi connectivity index (χ4v) is 2.99. The molecule has 3 aromatic heterocycles. The highest BCUT2D eigenvalue weighted by Crippen LogP contribution is 2.30. The summed E-state index contributed by atoms with van der Waals surface area (Å²) in [6.07, 6.45) is 8.95. The van der Waals surface area contributed by atoms with Crippen LogP contribution in [0.15, 0.2) is 73.6 Å². The third-order valence-corrected chi connectivity index (χ3v) is 4.31. The highest BCUT2D eigenvalue weighted by molar-refractivity contribution is 5.77. The van der Waals surface area contributed by atoms with Gasteiger partial charge in [-0.1, -0.05) is 30.3 Å². The lowest BCUT2D eigenvalue weighted by atomic mass is 10.1. The summed E-state index contributed by atoms with van der Waals surface area (Å²) in [5.74, 6) is 0. The van der Waals surface area contributed by atoms with Gasteiger partial charge in [0, 0.05) is 49.0 Å². The van der Waals surface area contributed by atoms with Crippen LogP contribution in [0.3, 0.4) is 0 Å². The van der Waals surface area contributed by atoms with E-state index < -0.39 is 0 Å². The summed E-state index contributed by atoms with van der Waals surface area (Å²) >= 11 is 0. The monoisotopic (exact) mass is 372 g/mol. The quantitative estimate of drug-likeness (QED) is 0.535. The molecular formula is C21H20N6O. The van der Waals surface area contributed by atoms with E-state index in [2.05, 4.69) is 42.0 Å². The van der Waals surface area contributed by atoms with E-state index in [9.17, 15) is 0 Å². The number of hydrogen-bond donors (Lipinski definition) is 1. The van der Waals surface area contributed by atoms with Crippen LogP contribution in [0.25, 0.3) is 22.5 Å². The standard InChI is InChI=1S/C21H20N6O/c1-28-21-24-12-17(13-25-21)20-19(16-6-3-2-4-7-16)26-15-27(20)11-10-23-18-8-5-9-22-14-18/h2-9,12-15,23H,10-11H2,1H3. The van der Waals surface area contributed by atoms with Gasteiger partial charge >= 0.3 is 6.01 Å². The summed E-state index contributed by atoms with van der Waals surface area (Å²) < 4.78 is 7.19. The predicted molar refractivity (Wildman–Crippen MR) is 108 cm³/mol. The van der Waals surface area contributed by atoms with Crippen molar-refractivity contribution in [3.63, 3.8) is 0 Å². The average Bonchev–Trinajstić information content (AvgIpc) is 3.19. The lowest BCUT2D eigenvalue weighted by Gasteiger charge is -2.12. The second kappa shape index (κ2) is 8.30. The summed E-state index contributed by atoms with van der Waals surface area (Å²) in [5.41, 5.74) is 4.80. The SMILES string of the molecule is COc1ncc(-c2c(-c3ccccc3)ncn2CCNc2cccnc2)cn1. The Hall–Kier alpha value is -3.74. The van der Waals surface area contributed by atoms with Crippen molar-refractivity contribution in [2.45, 2.75) is 6.54 Å². The first-order valence-electron chi connectivity index (χ1n) is 8.96. The van der Waals surface area contributed by atoms with Crippen LogP contribution in [-0.2, 0) is 6.54 Å². The number of methoxy groups -OCH3 is 1. The zero-order valence-electron chi connectivity index (χ0n) is 15.5. The number of pyridine rings is 1. The molecule has 1 N–H and O–H groups in total. The number of hydrogen-bond acceptors (Lipinski definition) is 6. The molecule has 140 valence electrons. The number of aromatic nitrogens is 5. The Morgan fingerprint density at radius 3 is 2.46 bits per heavy atom. The molecule has 0 saturated heterocycles. The van der Waals surface area contributed by atoms with Crippen molar-refractivity contribution in [1.29, 1.82) is 0 Å². The molecule has 1 aromatic carbocycles. The third kappa shape index (κ3) is 3.83. The zero-order valence-corrected chi connectivity index (χ0v) is 15.5. The first kappa shape index (κ1) is 17.7. The van der Waals surface area contributed by atoms with E-state index in [0.717, 1.165) is 41.3 Å². The number of nitrogens with one attached hydrogen (secondary N) is 1. The van der Waals surface area contributed by atoms with E-state index in [-0.39, 0.29) is 0 Å². The summed E-state index contributed by atoms with van der Waals surface area (Å²) in [7, 11) is 1.55. The fraction of sp³-hybridized carbons (Fsp3) is 0.143. The molecule has 0 aliphatic rings. The number of rotatable bonds is 7. The molecule has 0 spiro atoms. The van der Waals surface area contributed by atoms with Gasteiger partial charge in [0.15, 0.2) is 0 Å².